The molecule has 2 aromatic carbocycles. The van der Waals surface area contributed by atoms with Crippen molar-refractivity contribution >= 4 is 22.3 Å². The molecule has 5 heterocycles. The Balaban J connectivity index is 1.32. The van der Waals surface area contributed by atoms with Crippen LogP contribution in [0.25, 0.3) is 55.8 Å². The fraction of sp³-hybridized carbons (Fsp3) is 0.0789. The first-order valence-electron chi connectivity index (χ1n) is 14.4. The molecule has 0 radical (unpaired) electrons. The van der Waals surface area contributed by atoms with Crippen LogP contribution in [0, 0.1) is 0 Å². The number of benzene rings is 2. The Morgan fingerprint density at radius 1 is 0.628 bits per heavy atom. The molecule has 0 unspecified atom stereocenters. The molecule has 1 atom stereocenters. The topological polar surface area (TPSA) is 63.9 Å². The van der Waals surface area contributed by atoms with E-state index in [1.54, 1.807) is 24.8 Å². The minimum absolute atomic E-state index is 0.134. The summed E-state index contributed by atoms with van der Waals surface area (Å²) in [6.07, 6.45) is 15.4. The Morgan fingerprint density at radius 2 is 1.26 bits per heavy atom. The van der Waals surface area contributed by atoms with E-state index in [0.717, 1.165) is 67.2 Å². The minimum atomic E-state index is 0.134. The number of nitrogens with zero attached hydrogens (tertiary/aromatic N) is 5. The quantitative estimate of drug-likeness (QED) is 0.192. The number of hydrogen-bond acceptors (Lipinski definition) is 5. The van der Waals surface area contributed by atoms with Gasteiger partial charge < -0.3 is 0 Å². The number of hydrogen-bond donors (Lipinski definition) is 0. The molecule has 206 valence electrons. The maximum Gasteiger partial charge on any atom is 0.0787 e. The van der Waals surface area contributed by atoms with Crippen LogP contribution in [0.15, 0.2) is 139 Å². The molecule has 0 fully saturated rings. The van der Waals surface area contributed by atoms with Crippen molar-refractivity contribution in [2.45, 2.75) is 19.8 Å². The molecule has 0 spiro atoms. The van der Waals surface area contributed by atoms with Crippen molar-refractivity contribution in [1.29, 1.82) is 0 Å². The molecule has 43 heavy (non-hydrogen) atoms. The Morgan fingerprint density at radius 3 is 1.91 bits per heavy atom. The molecule has 0 bridgehead atoms. The highest BCUT2D eigenvalue weighted by atomic mass is 14.8. The zero-order valence-electron chi connectivity index (χ0n) is 24.0. The Hall–Kier alpha value is -5.55. The maximum atomic E-state index is 5.18. The van der Waals surface area contributed by atoms with Crippen LogP contribution in [0.4, 0.5) is 5.69 Å². The highest BCUT2D eigenvalue weighted by Crippen LogP contribution is 2.45. The minimum Gasteiger partial charge on any atom is -0.265 e. The molecule has 0 aliphatic carbocycles. The van der Waals surface area contributed by atoms with Crippen molar-refractivity contribution in [1.82, 2.24) is 19.9 Å². The summed E-state index contributed by atoms with van der Waals surface area (Å²) in [5, 5.41) is 1.09. The highest BCUT2D eigenvalue weighted by molar-refractivity contribution is 6.11. The van der Waals surface area contributed by atoms with Crippen LogP contribution in [-0.4, -0.2) is 25.6 Å². The summed E-state index contributed by atoms with van der Waals surface area (Å²) in [6, 6.07) is 29.2. The largest absolute Gasteiger partial charge is 0.265 e. The van der Waals surface area contributed by atoms with Gasteiger partial charge in [-0.2, -0.15) is 0 Å². The van der Waals surface area contributed by atoms with Gasteiger partial charge in [0.1, 0.15) is 0 Å². The number of allylic oxidation sites excluding steroid dienone is 4. The fourth-order valence-corrected chi connectivity index (χ4v) is 5.64. The molecule has 0 N–H and O–H groups in total. The first-order valence-corrected chi connectivity index (χ1v) is 14.4. The van der Waals surface area contributed by atoms with E-state index >= 15 is 0 Å². The molecule has 1 aliphatic rings. The number of para-hydroxylation sites is 1. The summed E-state index contributed by atoms with van der Waals surface area (Å²) < 4.78 is 0. The molecule has 7 rings (SSSR count). The fourth-order valence-electron chi connectivity index (χ4n) is 5.64. The standard InChI is InChI=1S/C38H29N5/c1-3-4-5-9-32-25(2)36-37(43-33-10-7-6-8-31(33)38(36)42-32)29-13-11-26(12-14-29)30-23-34(27-15-19-39-20-16-27)41-35(24-30)28-17-21-40-22-18-28/h3-25H,1-2H3/b4-3-,9-5-/t25-/m1/s1. The summed E-state index contributed by atoms with van der Waals surface area (Å²) in [7, 11) is 0. The summed E-state index contributed by atoms with van der Waals surface area (Å²) in [5.74, 6) is 0.134. The number of rotatable bonds is 6. The molecule has 5 nitrogen and oxygen atoms in total. The van der Waals surface area contributed by atoms with E-state index in [4.69, 9.17) is 15.0 Å². The number of pyridine rings is 4. The normalized spacial score (nSPS) is 14.5. The number of aliphatic imine (C=N–C) groups is 1. The predicted octanol–water partition coefficient (Wildman–Crippen LogP) is 9.41. The van der Waals surface area contributed by atoms with Crippen LogP contribution in [0.5, 0.6) is 0 Å². The average Bonchev–Trinajstić information content (AvgIpc) is 3.41. The third kappa shape index (κ3) is 5.06. The number of aromatic nitrogens is 4. The predicted molar refractivity (Wildman–Crippen MR) is 176 cm³/mol. The summed E-state index contributed by atoms with van der Waals surface area (Å²) >= 11 is 0. The van der Waals surface area contributed by atoms with Crippen LogP contribution in [0.3, 0.4) is 0 Å². The van der Waals surface area contributed by atoms with Gasteiger partial charge in [0.2, 0.25) is 0 Å². The second-order valence-electron chi connectivity index (χ2n) is 10.6. The summed E-state index contributed by atoms with van der Waals surface area (Å²) in [5.41, 5.74) is 12.3. The molecule has 4 aromatic heterocycles. The molecule has 0 saturated carbocycles. The van der Waals surface area contributed by atoms with Crippen LogP contribution < -0.4 is 0 Å². The van der Waals surface area contributed by atoms with Gasteiger partial charge in [0, 0.05) is 64.1 Å². The van der Waals surface area contributed by atoms with E-state index in [2.05, 4.69) is 83.6 Å². The zero-order valence-corrected chi connectivity index (χ0v) is 24.0. The van der Waals surface area contributed by atoms with Gasteiger partial charge >= 0.3 is 0 Å². The smallest absolute Gasteiger partial charge is 0.0787 e. The van der Waals surface area contributed by atoms with Gasteiger partial charge in [0.15, 0.2) is 0 Å². The van der Waals surface area contributed by atoms with Crippen LogP contribution >= 0.6 is 0 Å². The lowest BCUT2D eigenvalue weighted by Gasteiger charge is -2.15. The summed E-state index contributed by atoms with van der Waals surface area (Å²) in [6.45, 7) is 4.24. The van der Waals surface area contributed by atoms with Gasteiger partial charge in [-0.05, 0) is 66.6 Å². The van der Waals surface area contributed by atoms with Crippen LogP contribution in [0.1, 0.15) is 25.3 Å². The van der Waals surface area contributed by atoms with Crippen molar-refractivity contribution in [3.8, 4) is 44.9 Å². The third-order valence-corrected chi connectivity index (χ3v) is 7.86. The van der Waals surface area contributed by atoms with Crippen molar-refractivity contribution in [2.24, 2.45) is 4.99 Å². The second-order valence-corrected chi connectivity index (χ2v) is 10.6. The molecular formula is C38H29N5. The van der Waals surface area contributed by atoms with E-state index in [-0.39, 0.29) is 5.92 Å². The van der Waals surface area contributed by atoms with Crippen molar-refractivity contribution in [3.63, 3.8) is 0 Å². The van der Waals surface area contributed by atoms with Gasteiger partial charge in [-0.15, -0.1) is 0 Å². The maximum absolute atomic E-state index is 5.18. The lowest BCUT2D eigenvalue weighted by atomic mass is 9.91. The monoisotopic (exact) mass is 555 g/mol. The van der Waals surface area contributed by atoms with Crippen LogP contribution in [-0.2, 0) is 0 Å². The van der Waals surface area contributed by atoms with Crippen molar-refractivity contribution < 1.29 is 0 Å². The SMILES string of the molecule is C/C=C\C=C/C1=Nc2c(c(-c3ccc(-c4cc(-c5ccncc5)nc(-c5ccncc5)c4)cc3)nc3ccccc23)[C@@H]1C. The Bertz CT molecular complexity index is 1970. The van der Waals surface area contributed by atoms with E-state index in [1.165, 1.54) is 5.56 Å². The summed E-state index contributed by atoms with van der Waals surface area (Å²) in [4.78, 5) is 23.6. The van der Waals surface area contributed by atoms with Gasteiger partial charge in [-0.3, -0.25) is 15.0 Å². The average molecular weight is 556 g/mol. The lowest BCUT2D eigenvalue weighted by molar-refractivity contribution is 1.05. The van der Waals surface area contributed by atoms with Gasteiger partial charge in [-0.25, -0.2) is 9.97 Å². The van der Waals surface area contributed by atoms with Crippen molar-refractivity contribution in [3.05, 3.63) is 140 Å². The van der Waals surface area contributed by atoms with E-state index in [9.17, 15) is 0 Å². The zero-order chi connectivity index (χ0) is 29.2. The molecule has 0 amide bonds. The molecule has 5 heteroatoms. The second kappa shape index (κ2) is 11.4. The number of fused-ring (bicyclic) bond motifs is 3. The van der Waals surface area contributed by atoms with Crippen molar-refractivity contribution in [2.75, 3.05) is 0 Å². The molecule has 6 aromatic rings. The lowest BCUT2D eigenvalue weighted by Crippen LogP contribution is -2.03. The Kier molecular flexibility index (Phi) is 6.97. The molecule has 0 saturated heterocycles. The van der Waals surface area contributed by atoms with E-state index in [1.807, 2.05) is 49.4 Å². The van der Waals surface area contributed by atoms with E-state index in [0.29, 0.717) is 0 Å². The van der Waals surface area contributed by atoms with Gasteiger partial charge in [0.25, 0.3) is 0 Å². The van der Waals surface area contributed by atoms with Gasteiger partial charge in [-0.1, -0.05) is 67.6 Å². The Labute approximate surface area is 251 Å². The first kappa shape index (κ1) is 26.4. The highest BCUT2D eigenvalue weighted by Gasteiger charge is 2.28. The third-order valence-electron chi connectivity index (χ3n) is 7.86. The van der Waals surface area contributed by atoms with Gasteiger partial charge in [0.05, 0.1) is 28.3 Å². The first-order chi connectivity index (χ1) is 21.2. The van der Waals surface area contributed by atoms with E-state index < -0.39 is 0 Å². The molecular weight excluding hydrogens is 526 g/mol. The van der Waals surface area contributed by atoms with Crippen LogP contribution in [0.2, 0.25) is 0 Å². The molecule has 1 aliphatic heterocycles.